The fraction of sp³-hybridized carbons (Fsp3) is 0.455. The van der Waals surface area contributed by atoms with Crippen molar-refractivity contribution in [3.8, 4) is 5.75 Å². The summed E-state index contributed by atoms with van der Waals surface area (Å²) in [6, 6.07) is 7.58. The maximum atomic E-state index is 11.0. The Hall–Kier alpha value is -1.99. The highest BCUT2D eigenvalue weighted by Crippen LogP contribution is 2.42. The molecule has 206 valence electrons. The summed E-state index contributed by atoms with van der Waals surface area (Å²) in [5.74, 6) is -13.3. The van der Waals surface area contributed by atoms with Crippen molar-refractivity contribution < 1.29 is 70.4 Å². The van der Waals surface area contributed by atoms with Crippen LogP contribution < -0.4 is 4.74 Å². The lowest BCUT2D eigenvalue weighted by atomic mass is 9.86. The zero-order valence-electron chi connectivity index (χ0n) is 19.1. The predicted molar refractivity (Wildman–Crippen MR) is 119 cm³/mol. The minimum Gasteiger partial charge on any atom is -0.433 e. The minimum atomic E-state index is -4.04. The summed E-state index contributed by atoms with van der Waals surface area (Å²) in [6.07, 6.45) is -6.74. The fourth-order valence-corrected chi connectivity index (χ4v) is 4.07. The molecule has 1 fully saturated rings. The number of hydrogen-bond acceptors (Lipinski definition) is 14. The van der Waals surface area contributed by atoms with Crippen LogP contribution in [-0.4, -0.2) is 106 Å². The summed E-state index contributed by atoms with van der Waals surface area (Å²) in [4.78, 5) is 0. The van der Waals surface area contributed by atoms with E-state index >= 15 is 0 Å². The highest BCUT2D eigenvalue weighted by molar-refractivity contribution is 6.31. The maximum absolute atomic E-state index is 11.0. The molecule has 2 aromatic rings. The van der Waals surface area contributed by atoms with E-state index in [1.807, 2.05) is 0 Å². The number of halogens is 1. The molecule has 5 atom stereocenters. The van der Waals surface area contributed by atoms with E-state index < -0.39 is 60.3 Å². The highest BCUT2D eigenvalue weighted by atomic mass is 35.5. The van der Waals surface area contributed by atoms with Gasteiger partial charge in [0.2, 0.25) is 11.6 Å². The smallest absolute Gasteiger partial charge is 0.409 e. The van der Waals surface area contributed by atoms with Crippen molar-refractivity contribution >= 4 is 11.6 Å². The molecular formula is C22H27ClO14. The molecule has 11 N–H and O–H groups in total. The molecule has 1 aliphatic heterocycles. The summed E-state index contributed by atoms with van der Waals surface area (Å²) >= 11 is 6.20. The Morgan fingerprint density at radius 2 is 1.51 bits per heavy atom. The first-order chi connectivity index (χ1) is 17.0. The third-order valence-corrected chi connectivity index (χ3v) is 6.28. The van der Waals surface area contributed by atoms with Crippen LogP contribution in [0.3, 0.4) is 0 Å². The predicted octanol–water partition coefficient (Wildman–Crippen LogP) is -3.55. The quantitative estimate of drug-likeness (QED) is 0.142. The summed E-state index contributed by atoms with van der Waals surface area (Å²) in [7, 11) is 1.11. The first-order valence-corrected chi connectivity index (χ1v) is 10.9. The molecule has 0 amide bonds. The molecule has 1 heterocycles. The zero-order chi connectivity index (χ0) is 28.0. The molecule has 0 aromatic heterocycles. The molecule has 0 spiro atoms. The second kappa shape index (κ2) is 10.3. The average molecular weight is 551 g/mol. The third kappa shape index (κ3) is 5.31. The number of aliphatic hydroxyl groups is 11. The highest BCUT2D eigenvalue weighted by Gasteiger charge is 2.55. The van der Waals surface area contributed by atoms with Crippen molar-refractivity contribution in [2.75, 3.05) is 13.7 Å². The van der Waals surface area contributed by atoms with Gasteiger partial charge in [0.1, 0.15) is 30.2 Å². The van der Waals surface area contributed by atoms with Gasteiger partial charge in [0.05, 0.1) is 6.61 Å². The molecule has 1 saturated heterocycles. The Kier molecular flexibility index (Phi) is 8.22. The third-order valence-electron chi connectivity index (χ3n) is 5.95. The molecule has 0 aliphatic carbocycles. The van der Waals surface area contributed by atoms with Crippen LogP contribution in [0.1, 0.15) is 16.7 Å². The number of hydrogen-bond donors (Lipinski definition) is 11. The molecule has 5 unspecified atom stereocenters. The van der Waals surface area contributed by atoms with Gasteiger partial charge in [0.25, 0.3) is 0 Å². The van der Waals surface area contributed by atoms with Crippen molar-refractivity contribution in [1.82, 2.24) is 0 Å². The van der Waals surface area contributed by atoms with Gasteiger partial charge in [0, 0.05) is 28.8 Å². The Balaban J connectivity index is 2.00. The largest absolute Gasteiger partial charge is 0.433 e. The molecule has 0 radical (unpaired) electrons. The van der Waals surface area contributed by atoms with Gasteiger partial charge < -0.3 is 70.4 Å². The molecule has 15 heteroatoms. The van der Waals surface area contributed by atoms with Crippen molar-refractivity contribution in [2.24, 2.45) is 0 Å². The van der Waals surface area contributed by atoms with Crippen molar-refractivity contribution in [2.45, 2.75) is 47.9 Å². The first-order valence-electron chi connectivity index (χ1n) is 10.6. The second-order valence-corrected chi connectivity index (χ2v) is 8.78. The van der Waals surface area contributed by atoms with Gasteiger partial charge in [-0.05, 0) is 36.4 Å². The Bertz CT molecular complexity index is 1080. The van der Waals surface area contributed by atoms with E-state index in [-0.39, 0.29) is 21.7 Å². The van der Waals surface area contributed by atoms with Gasteiger partial charge in [-0.25, -0.2) is 0 Å². The maximum Gasteiger partial charge on any atom is 0.409 e. The number of methoxy groups -OCH3 is 1. The Morgan fingerprint density at radius 1 is 0.919 bits per heavy atom. The van der Waals surface area contributed by atoms with E-state index in [0.717, 1.165) is 37.4 Å². The summed E-state index contributed by atoms with van der Waals surface area (Å²) < 4.78 is 15.4. The van der Waals surface area contributed by atoms with Gasteiger partial charge in [-0.2, -0.15) is 0 Å². The molecule has 0 saturated carbocycles. The summed E-state index contributed by atoms with van der Waals surface area (Å²) in [6.45, 7) is -0.748. The average Bonchev–Trinajstić information content (AvgIpc) is 2.83. The van der Waals surface area contributed by atoms with E-state index in [2.05, 4.69) is 4.74 Å². The monoisotopic (exact) mass is 550 g/mol. The van der Waals surface area contributed by atoms with Crippen LogP contribution in [0.4, 0.5) is 0 Å². The normalized spacial score (nSPS) is 27.3. The second-order valence-electron chi connectivity index (χ2n) is 8.37. The lowest BCUT2D eigenvalue weighted by molar-refractivity contribution is -0.502. The van der Waals surface area contributed by atoms with E-state index in [1.165, 1.54) is 12.1 Å². The van der Waals surface area contributed by atoms with E-state index in [9.17, 15) is 40.9 Å². The van der Waals surface area contributed by atoms with Gasteiger partial charge in [0.15, 0.2) is 0 Å². The van der Waals surface area contributed by atoms with Crippen molar-refractivity contribution in [3.05, 3.63) is 64.2 Å². The molecule has 14 nitrogen and oxygen atoms in total. The van der Waals surface area contributed by atoms with Crippen LogP contribution in [0.5, 0.6) is 5.75 Å². The van der Waals surface area contributed by atoms with Crippen LogP contribution in [0.25, 0.3) is 0 Å². The van der Waals surface area contributed by atoms with E-state index in [1.54, 1.807) is 0 Å². The fourth-order valence-electron chi connectivity index (χ4n) is 3.82. The van der Waals surface area contributed by atoms with Gasteiger partial charge in [-0.15, -0.1) is 0 Å². The van der Waals surface area contributed by atoms with E-state index in [0.29, 0.717) is 0 Å². The van der Waals surface area contributed by atoms with Crippen LogP contribution in [0.2, 0.25) is 5.02 Å². The number of benzene rings is 2. The van der Waals surface area contributed by atoms with Gasteiger partial charge in [-0.3, -0.25) is 0 Å². The summed E-state index contributed by atoms with van der Waals surface area (Å²) in [5.41, 5.74) is -0.703. The lowest BCUT2D eigenvalue weighted by Gasteiger charge is -2.47. The molecule has 1 aliphatic rings. The number of ether oxygens (including phenoxy) is 3. The molecule has 2 aromatic carbocycles. The van der Waals surface area contributed by atoms with E-state index in [4.69, 9.17) is 36.4 Å². The van der Waals surface area contributed by atoms with Crippen molar-refractivity contribution in [1.29, 1.82) is 0 Å². The topological polar surface area (TPSA) is 250 Å². The molecule has 0 bridgehead atoms. The Morgan fingerprint density at radius 3 is 2.03 bits per heavy atom. The lowest BCUT2D eigenvalue weighted by Crippen LogP contribution is -2.64. The van der Waals surface area contributed by atoms with Gasteiger partial charge in [-0.1, -0.05) is 17.7 Å². The van der Waals surface area contributed by atoms with Gasteiger partial charge >= 0.3 is 11.9 Å². The molecule has 3 rings (SSSR count). The molecular weight excluding hydrogens is 524 g/mol. The van der Waals surface area contributed by atoms with Crippen LogP contribution in [0.15, 0.2) is 42.5 Å². The van der Waals surface area contributed by atoms with Crippen LogP contribution >= 0.6 is 11.6 Å². The number of aliphatic hydroxyl groups excluding tert-OH is 4. The SMILES string of the molecule is COC1(c2ccc(Cl)c(C(O)(O)c3ccc(OC(O)(O)C(O)(O)O)cc3)c2)OC(CO)C(O)C(O)C1O. The van der Waals surface area contributed by atoms with Crippen LogP contribution in [-0.2, 0) is 21.0 Å². The summed E-state index contributed by atoms with van der Waals surface area (Å²) in [5, 5.41) is 108. The number of rotatable bonds is 8. The van der Waals surface area contributed by atoms with Crippen LogP contribution in [0, 0.1) is 0 Å². The minimum absolute atomic E-state index is 0.0748. The zero-order valence-corrected chi connectivity index (χ0v) is 19.8. The molecule has 37 heavy (non-hydrogen) atoms. The Labute approximate surface area is 214 Å². The first kappa shape index (κ1) is 29.6. The standard InChI is InChI=1S/C22H27ClO14/c1-35-20(18(27)17(26)16(25)15(9-24)37-20)11-4-7-14(23)13(8-11)19(28,29)10-2-5-12(6-3-10)36-22(33,34)21(30,31)32/h2-8,15-18,24-34H,9H2,1H3. The van der Waals surface area contributed by atoms with Crippen molar-refractivity contribution in [3.63, 3.8) is 0 Å².